The molecule has 15 heteroatoms. The molecule has 0 saturated carbocycles. The Labute approximate surface area is 171 Å². The second kappa shape index (κ2) is 7.92. The van der Waals surface area contributed by atoms with E-state index in [1.165, 1.54) is 18.2 Å². The van der Waals surface area contributed by atoms with Gasteiger partial charge in [-0.15, -0.1) is 0 Å². The number of alkyl halides is 11. The van der Waals surface area contributed by atoms with Gasteiger partial charge in [0.1, 0.15) is 0 Å². The summed E-state index contributed by atoms with van der Waals surface area (Å²) in [5.74, 6) is -34.9. The molecule has 0 spiro atoms. The number of carbonyl (C=O) groups excluding carboxylic acids is 1. The fraction of sp³-hybridized carbons (Fsp3) is 0.412. The maximum atomic E-state index is 14.5. The van der Waals surface area contributed by atoms with E-state index in [4.69, 9.17) is 0 Å². The van der Waals surface area contributed by atoms with E-state index in [0.29, 0.717) is 0 Å². The summed E-state index contributed by atoms with van der Waals surface area (Å²) in [5, 5.41) is 0. The first-order chi connectivity index (χ1) is 14.4. The maximum Gasteiger partial charge on any atom is 0.460 e. The Morgan fingerprint density at radius 2 is 1.41 bits per heavy atom. The van der Waals surface area contributed by atoms with Crippen LogP contribution < -0.4 is 0 Å². The number of halogens is 11. The Bertz CT molecular complexity index is 968. The zero-order valence-corrected chi connectivity index (χ0v) is 15.4. The Morgan fingerprint density at radius 1 is 0.875 bits per heavy atom. The minimum Gasteiger partial charge on any atom is -0.461 e. The fourth-order valence-corrected chi connectivity index (χ4v) is 2.29. The van der Waals surface area contributed by atoms with Gasteiger partial charge < -0.3 is 9.15 Å². The molecule has 0 unspecified atom stereocenters. The van der Waals surface area contributed by atoms with Crippen molar-refractivity contribution in [1.29, 1.82) is 0 Å². The number of oxazole rings is 1. The third kappa shape index (κ3) is 3.77. The molecule has 0 bridgehead atoms. The topological polar surface area (TPSA) is 52.3 Å². The van der Waals surface area contributed by atoms with Crippen LogP contribution in [-0.4, -0.2) is 41.5 Å². The third-order valence-electron chi connectivity index (χ3n) is 3.94. The Morgan fingerprint density at radius 3 is 1.88 bits per heavy atom. The fourth-order valence-electron chi connectivity index (χ4n) is 2.29. The van der Waals surface area contributed by atoms with Gasteiger partial charge in [0.15, 0.2) is 5.69 Å². The number of aromatic nitrogens is 1. The van der Waals surface area contributed by atoms with E-state index < -0.39 is 59.8 Å². The van der Waals surface area contributed by atoms with E-state index in [9.17, 15) is 53.1 Å². The molecule has 0 saturated heterocycles. The van der Waals surface area contributed by atoms with Crippen molar-refractivity contribution >= 4 is 5.97 Å². The minimum atomic E-state index is -7.67. The normalized spacial score (nSPS) is 13.9. The summed E-state index contributed by atoms with van der Waals surface area (Å²) in [5.41, 5.74) is -2.07. The van der Waals surface area contributed by atoms with Crippen molar-refractivity contribution < 1.29 is 62.2 Å². The lowest BCUT2D eigenvalue weighted by Gasteiger charge is -2.36. The van der Waals surface area contributed by atoms with Gasteiger partial charge in [-0.3, -0.25) is 0 Å². The van der Waals surface area contributed by atoms with Crippen LogP contribution in [0.5, 0.6) is 0 Å². The summed E-state index contributed by atoms with van der Waals surface area (Å²) >= 11 is 0. The molecule has 0 fully saturated rings. The highest BCUT2D eigenvalue weighted by Gasteiger charge is 2.88. The van der Waals surface area contributed by atoms with E-state index in [1.54, 1.807) is 0 Å². The third-order valence-corrected chi connectivity index (χ3v) is 3.94. The molecule has 2 rings (SSSR count). The highest BCUT2D eigenvalue weighted by molar-refractivity contribution is 5.89. The van der Waals surface area contributed by atoms with Crippen LogP contribution in [0.4, 0.5) is 48.3 Å². The van der Waals surface area contributed by atoms with Crippen LogP contribution in [0.1, 0.15) is 23.2 Å². The Hall–Kier alpha value is -2.87. The zero-order chi connectivity index (χ0) is 24.8. The molecule has 0 aliphatic heterocycles. The van der Waals surface area contributed by atoms with Crippen LogP contribution in [0.3, 0.4) is 0 Å². The smallest absolute Gasteiger partial charge is 0.460 e. The molecule has 32 heavy (non-hydrogen) atoms. The van der Waals surface area contributed by atoms with Crippen LogP contribution in [0.25, 0.3) is 11.5 Å². The van der Waals surface area contributed by atoms with Gasteiger partial charge in [0, 0.05) is 5.56 Å². The largest absolute Gasteiger partial charge is 0.461 e. The lowest BCUT2D eigenvalue weighted by molar-refractivity contribution is -0.426. The van der Waals surface area contributed by atoms with Crippen LogP contribution in [0.15, 0.2) is 34.7 Å². The van der Waals surface area contributed by atoms with Gasteiger partial charge >= 0.3 is 35.8 Å². The summed E-state index contributed by atoms with van der Waals surface area (Å²) in [7, 11) is 0. The average molecular weight is 485 g/mol. The van der Waals surface area contributed by atoms with Gasteiger partial charge in [-0.05, 0) is 19.1 Å². The molecule has 0 aliphatic rings. The summed E-state index contributed by atoms with van der Waals surface area (Å²) in [6.07, 6.45) is -7.32. The maximum absolute atomic E-state index is 14.5. The molecule has 4 nitrogen and oxygen atoms in total. The van der Waals surface area contributed by atoms with E-state index in [0.717, 1.165) is 19.1 Å². The van der Waals surface area contributed by atoms with E-state index in [-0.39, 0.29) is 5.56 Å². The number of rotatable bonds is 7. The molecule has 1 heterocycles. The van der Waals surface area contributed by atoms with Crippen LogP contribution in [0, 0.1) is 0 Å². The van der Waals surface area contributed by atoms with Gasteiger partial charge in [-0.25, -0.2) is 9.78 Å². The molecule has 0 atom stereocenters. The summed E-state index contributed by atoms with van der Waals surface area (Å²) in [4.78, 5) is 15.0. The number of esters is 1. The SMILES string of the molecule is CCOC(=O)c1nc(-c2ccccc2)oc1C(F)(F)C(F)(F)C(F)(F)C(F)(F)C(F)(F)F. The Kier molecular flexibility index (Phi) is 6.28. The summed E-state index contributed by atoms with van der Waals surface area (Å²) in [6.45, 7) is 0.566. The van der Waals surface area contributed by atoms with Crippen molar-refractivity contribution in [2.75, 3.05) is 6.61 Å². The van der Waals surface area contributed by atoms with Crippen molar-refractivity contribution in [3.05, 3.63) is 41.8 Å². The van der Waals surface area contributed by atoms with E-state index >= 15 is 0 Å². The molecule has 1 aromatic heterocycles. The number of benzene rings is 1. The Balaban J connectivity index is 2.73. The minimum absolute atomic E-state index is 0.254. The second-order valence-electron chi connectivity index (χ2n) is 6.08. The van der Waals surface area contributed by atoms with Gasteiger partial charge in [0.05, 0.1) is 6.61 Å². The van der Waals surface area contributed by atoms with Gasteiger partial charge in [-0.2, -0.15) is 48.3 Å². The quantitative estimate of drug-likeness (QED) is 0.353. The predicted molar refractivity (Wildman–Crippen MR) is 82.7 cm³/mol. The van der Waals surface area contributed by atoms with Gasteiger partial charge in [0.2, 0.25) is 11.7 Å². The van der Waals surface area contributed by atoms with Crippen molar-refractivity contribution in [3.8, 4) is 11.5 Å². The highest BCUT2D eigenvalue weighted by Crippen LogP contribution is 2.60. The molecule has 178 valence electrons. The molecule has 1 aromatic carbocycles. The molecular formula is C17H10F11NO3. The number of hydrogen-bond acceptors (Lipinski definition) is 4. The monoisotopic (exact) mass is 485 g/mol. The lowest BCUT2D eigenvalue weighted by atomic mass is 9.96. The van der Waals surface area contributed by atoms with Crippen LogP contribution in [0.2, 0.25) is 0 Å². The van der Waals surface area contributed by atoms with E-state index in [1.807, 2.05) is 0 Å². The van der Waals surface area contributed by atoms with Crippen molar-refractivity contribution in [3.63, 3.8) is 0 Å². The first-order valence-electron chi connectivity index (χ1n) is 8.25. The van der Waals surface area contributed by atoms with Crippen molar-refractivity contribution in [1.82, 2.24) is 4.98 Å². The standard InChI is InChI=1S/C17H10F11NO3/c1-2-31-12(30)9-10(32-11(29-9)8-6-4-3-5-7-8)13(18,19)14(20,21)15(22,23)16(24,25)17(26,27)28/h3-7H,2H2,1H3. The molecular weight excluding hydrogens is 475 g/mol. The summed E-state index contributed by atoms with van der Waals surface area (Å²) in [6, 6.07) is 6.09. The number of hydrogen-bond donors (Lipinski definition) is 0. The van der Waals surface area contributed by atoms with Crippen molar-refractivity contribution in [2.45, 2.75) is 36.8 Å². The molecule has 0 aliphatic carbocycles. The predicted octanol–water partition coefficient (Wildman–Crippen LogP) is 6.08. The first kappa shape index (κ1) is 25.4. The van der Waals surface area contributed by atoms with Gasteiger partial charge in [-0.1, -0.05) is 18.2 Å². The number of nitrogens with zero attached hydrogens (tertiary/aromatic N) is 1. The second-order valence-corrected chi connectivity index (χ2v) is 6.08. The van der Waals surface area contributed by atoms with Crippen molar-refractivity contribution in [2.24, 2.45) is 0 Å². The summed E-state index contributed by atoms with van der Waals surface area (Å²) < 4.78 is 156. The molecule has 2 aromatic rings. The van der Waals surface area contributed by atoms with Crippen LogP contribution in [-0.2, 0) is 10.7 Å². The van der Waals surface area contributed by atoms with E-state index in [2.05, 4.69) is 14.1 Å². The molecule has 0 N–H and O–H groups in total. The first-order valence-corrected chi connectivity index (χ1v) is 8.25. The highest BCUT2D eigenvalue weighted by atomic mass is 19.4. The van der Waals surface area contributed by atoms with Gasteiger partial charge in [0.25, 0.3) is 0 Å². The number of carbonyl (C=O) groups is 1. The lowest BCUT2D eigenvalue weighted by Crippen LogP contribution is -2.65. The average Bonchev–Trinajstić information content (AvgIpc) is 3.14. The molecule has 0 amide bonds. The van der Waals surface area contributed by atoms with Crippen LogP contribution >= 0.6 is 0 Å². The zero-order valence-electron chi connectivity index (χ0n) is 15.4. The molecule has 0 radical (unpaired) electrons. The number of ether oxygens (including phenoxy) is 1.